The van der Waals surface area contributed by atoms with Gasteiger partial charge >= 0.3 is 0 Å². The van der Waals surface area contributed by atoms with E-state index in [1.54, 1.807) is 13.2 Å². The molecule has 1 aromatic rings. The summed E-state index contributed by atoms with van der Waals surface area (Å²) in [5.41, 5.74) is 2.01. The quantitative estimate of drug-likeness (QED) is 0.776. The van der Waals surface area contributed by atoms with Crippen LogP contribution in [0.15, 0.2) is 12.1 Å². The summed E-state index contributed by atoms with van der Waals surface area (Å²) < 4.78 is 5.11. The highest BCUT2D eigenvalue weighted by molar-refractivity contribution is 6.31. The Labute approximate surface area is 88.5 Å². The van der Waals surface area contributed by atoms with Crippen LogP contribution in [0, 0.1) is 0 Å². The highest BCUT2D eigenvalue weighted by atomic mass is 35.5. The Hall–Kier alpha value is -0.730. The largest absolute Gasteiger partial charge is 0.497 e. The number of fused-ring (bicyclic) bond motifs is 1. The second-order valence-electron chi connectivity index (χ2n) is 3.59. The molecule has 3 heteroatoms. The van der Waals surface area contributed by atoms with Crippen LogP contribution in [0.5, 0.6) is 5.75 Å². The molecule has 0 saturated heterocycles. The number of methoxy groups -OCH3 is 1. The normalized spacial score (nSPS) is 20.4. The minimum atomic E-state index is -0.383. The van der Waals surface area contributed by atoms with Gasteiger partial charge in [0.05, 0.1) is 13.2 Å². The fraction of sp³-hybridized carbons (Fsp3) is 0.455. The number of benzene rings is 1. The van der Waals surface area contributed by atoms with E-state index in [0.29, 0.717) is 5.02 Å². The lowest BCUT2D eigenvalue weighted by atomic mass is 9.89. The fourth-order valence-corrected chi connectivity index (χ4v) is 2.25. The monoisotopic (exact) mass is 212 g/mol. The summed E-state index contributed by atoms with van der Waals surface area (Å²) in [5.74, 6) is 0.717. The number of hydrogen-bond donors (Lipinski definition) is 1. The van der Waals surface area contributed by atoms with Crippen molar-refractivity contribution in [1.82, 2.24) is 0 Å². The molecule has 0 saturated carbocycles. The van der Waals surface area contributed by atoms with E-state index in [2.05, 4.69) is 0 Å². The molecule has 1 aromatic carbocycles. The maximum atomic E-state index is 9.79. The number of halogens is 1. The first kappa shape index (κ1) is 9.81. The Kier molecular flexibility index (Phi) is 2.66. The van der Waals surface area contributed by atoms with Gasteiger partial charge in [-0.05, 0) is 42.5 Å². The summed E-state index contributed by atoms with van der Waals surface area (Å²) in [5, 5.41) is 10.5. The molecule has 0 aromatic heterocycles. The molecule has 0 unspecified atom stereocenters. The molecule has 1 N–H and O–H groups in total. The van der Waals surface area contributed by atoms with Crippen molar-refractivity contribution in [3.05, 3.63) is 28.3 Å². The third-order valence-corrected chi connectivity index (χ3v) is 3.04. The lowest BCUT2D eigenvalue weighted by Crippen LogP contribution is -2.09. The van der Waals surface area contributed by atoms with Gasteiger partial charge in [0, 0.05) is 5.02 Å². The summed E-state index contributed by atoms with van der Waals surface area (Å²) in [7, 11) is 1.60. The van der Waals surface area contributed by atoms with Crippen molar-refractivity contribution in [2.24, 2.45) is 0 Å². The molecule has 76 valence electrons. The van der Waals surface area contributed by atoms with Gasteiger partial charge in [-0.15, -0.1) is 0 Å². The van der Waals surface area contributed by atoms with Crippen molar-refractivity contribution in [2.45, 2.75) is 25.4 Å². The van der Waals surface area contributed by atoms with E-state index in [1.807, 2.05) is 6.07 Å². The Morgan fingerprint density at radius 1 is 1.50 bits per heavy atom. The van der Waals surface area contributed by atoms with Crippen molar-refractivity contribution in [3.8, 4) is 5.75 Å². The maximum Gasteiger partial charge on any atom is 0.120 e. The number of ether oxygens (including phenoxy) is 1. The number of hydrogen-bond acceptors (Lipinski definition) is 2. The highest BCUT2D eigenvalue weighted by Gasteiger charge is 2.20. The van der Waals surface area contributed by atoms with Gasteiger partial charge in [0.2, 0.25) is 0 Å². The lowest BCUT2D eigenvalue weighted by molar-refractivity contribution is 0.156. The first-order valence-corrected chi connectivity index (χ1v) is 5.14. The first-order chi connectivity index (χ1) is 6.72. The smallest absolute Gasteiger partial charge is 0.120 e. The van der Waals surface area contributed by atoms with E-state index in [9.17, 15) is 5.11 Å². The Bertz CT molecular complexity index is 349. The van der Waals surface area contributed by atoms with Crippen LogP contribution >= 0.6 is 11.6 Å². The van der Waals surface area contributed by atoms with Crippen molar-refractivity contribution >= 4 is 11.6 Å². The summed E-state index contributed by atoms with van der Waals surface area (Å²) in [6, 6.07) is 3.68. The van der Waals surface area contributed by atoms with Crippen molar-refractivity contribution in [1.29, 1.82) is 0 Å². The molecule has 0 heterocycles. The second-order valence-corrected chi connectivity index (χ2v) is 3.99. The zero-order chi connectivity index (χ0) is 10.1. The number of rotatable bonds is 1. The van der Waals surface area contributed by atoms with Crippen LogP contribution in [0.4, 0.5) is 0 Å². The third-order valence-electron chi connectivity index (χ3n) is 2.70. The topological polar surface area (TPSA) is 29.5 Å². The van der Waals surface area contributed by atoms with Crippen molar-refractivity contribution in [3.63, 3.8) is 0 Å². The Morgan fingerprint density at radius 3 is 3.00 bits per heavy atom. The van der Waals surface area contributed by atoms with Gasteiger partial charge in [-0.25, -0.2) is 0 Å². The van der Waals surface area contributed by atoms with Crippen LogP contribution in [0.3, 0.4) is 0 Å². The zero-order valence-corrected chi connectivity index (χ0v) is 8.84. The fourth-order valence-electron chi connectivity index (χ4n) is 1.94. The van der Waals surface area contributed by atoms with Crippen LogP contribution in [-0.4, -0.2) is 12.2 Å². The van der Waals surface area contributed by atoms with Gasteiger partial charge in [-0.2, -0.15) is 0 Å². The SMILES string of the molecule is COc1cc(Cl)c2c(c1)[C@@H](O)CCC2. The summed E-state index contributed by atoms with van der Waals surface area (Å²) in [6.07, 6.45) is 2.39. The standard InChI is InChI=1S/C11H13ClO2/c1-14-7-5-9-8(10(12)6-7)3-2-4-11(9)13/h5-6,11,13H,2-4H2,1H3/t11-/m0/s1. The van der Waals surface area contributed by atoms with Crippen LogP contribution in [-0.2, 0) is 6.42 Å². The van der Waals surface area contributed by atoms with Gasteiger partial charge in [0.15, 0.2) is 0 Å². The van der Waals surface area contributed by atoms with Crippen molar-refractivity contribution < 1.29 is 9.84 Å². The molecule has 0 fully saturated rings. The molecular weight excluding hydrogens is 200 g/mol. The minimum Gasteiger partial charge on any atom is -0.497 e. The molecule has 1 aliphatic carbocycles. The minimum absolute atomic E-state index is 0.383. The molecule has 0 aliphatic heterocycles. The van der Waals surface area contributed by atoms with E-state index in [-0.39, 0.29) is 6.10 Å². The molecule has 2 rings (SSSR count). The van der Waals surface area contributed by atoms with Gasteiger partial charge in [-0.1, -0.05) is 11.6 Å². The molecule has 1 aliphatic rings. The van der Waals surface area contributed by atoms with E-state index >= 15 is 0 Å². The Balaban J connectivity index is 2.51. The third kappa shape index (κ3) is 1.60. The Morgan fingerprint density at radius 2 is 2.29 bits per heavy atom. The van der Waals surface area contributed by atoms with Crippen LogP contribution in [0.25, 0.3) is 0 Å². The van der Waals surface area contributed by atoms with Gasteiger partial charge in [0.25, 0.3) is 0 Å². The van der Waals surface area contributed by atoms with E-state index in [4.69, 9.17) is 16.3 Å². The molecule has 0 spiro atoms. The lowest BCUT2D eigenvalue weighted by Gasteiger charge is -2.22. The maximum absolute atomic E-state index is 9.79. The average molecular weight is 213 g/mol. The predicted octanol–water partition coefficient (Wildman–Crippen LogP) is 2.72. The molecular formula is C11H13ClO2. The van der Waals surface area contributed by atoms with E-state index in [1.165, 1.54) is 0 Å². The van der Waals surface area contributed by atoms with E-state index < -0.39 is 0 Å². The van der Waals surface area contributed by atoms with Gasteiger partial charge in [0.1, 0.15) is 5.75 Å². The molecule has 14 heavy (non-hydrogen) atoms. The molecule has 0 radical (unpaired) electrons. The summed E-state index contributed by atoms with van der Waals surface area (Å²) in [4.78, 5) is 0. The van der Waals surface area contributed by atoms with Gasteiger partial charge < -0.3 is 9.84 Å². The van der Waals surface area contributed by atoms with E-state index in [0.717, 1.165) is 36.1 Å². The zero-order valence-electron chi connectivity index (χ0n) is 8.09. The van der Waals surface area contributed by atoms with Gasteiger partial charge in [-0.3, -0.25) is 0 Å². The predicted molar refractivity (Wildman–Crippen MR) is 55.9 cm³/mol. The highest BCUT2D eigenvalue weighted by Crippen LogP contribution is 2.36. The molecule has 0 amide bonds. The van der Waals surface area contributed by atoms with Crippen LogP contribution in [0.2, 0.25) is 5.02 Å². The summed E-state index contributed by atoms with van der Waals surface area (Å²) in [6.45, 7) is 0. The van der Waals surface area contributed by atoms with Crippen molar-refractivity contribution in [2.75, 3.05) is 7.11 Å². The molecule has 0 bridgehead atoms. The summed E-state index contributed by atoms with van der Waals surface area (Å²) >= 11 is 6.10. The average Bonchev–Trinajstić information content (AvgIpc) is 2.19. The van der Waals surface area contributed by atoms with Crippen LogP contribution < -0.4 is 4.74 Å². The number of aliphatic hydroxyl groups is 1. The second kappa shape index (κ2) is 3.79. The van der Waals surface area contributed by atoms with Crippen LogP contribution in [0.1, 0.15) is 30.1 Å². The molecule has 2 nitrogen and oxygen atoms in total. The number of aliphatic hydroxyl groups excluding tert-OH is 1. The first-order valence-electron chi connectivity index (χ1n) is 4.76. The molecule has 1 atom stereocenters.